The molecule has 0 bridgehead atoms. The second kappa shape index (κ2) is 9.37. The van der Waals surface area contributed by atoms with E-state index in [1.807, 2.05) is 13.0 Å². The molecule has 0 aromatic carbocycles. The fourth-order valence-electron chi connectivity index (χ4n) is 3.51. The number of H-pyrrole nitrogens is 1. The summed E-state index contributed by atoms with van der Waals surface area (Å²) in [5, 5.41) is 8.82. The molecule has 9 heteroatoms. The van der Waals surface area contributed by atoms with E-state index >= 15 is 0 Å². The van der Waals surface area contributed by atoms with E-state index in [1.54, 1.807) is 11.9 Å². The molecule has 0 aliphatic heterocycles. The van der Waals surface area contributed by atoms with Crippen molar-refractivity contribution in [3.05, 3.63) is 20.8 Å². The first-order chi connectivity index (χ1) is 12.9. The topological polar surface area (TPSA) is 128 Å². The molecule has 0 radical (unpaired) electrons. The Labute approximate surface area is 158 Å². The Bertz CT molecular complexity index is 816. The molecule has 0 saturated heterocycles. The van der Waals surface area contributed by atoms with Crippen LogP contribution in [-0.2, 0) is 11.3 Å². The fraction of sp³-hybridized carbons (Fsp3) is 0.667. The zero-order valence-corrected chi connectivity index (χ0v) is 16.0. The van der Waals surface area contributed by atoms with Gasteiger partial charge in [0.05, 0.1) is 19.2 Å². The summed E-state index contributed by atoms with van der Waals surface area (Å²) in [6, 6.07) is 1.87. The highest BCUT2D eigenvalue weighted by Gasteiger charge is 2.32. The van der Waals surface area contributed by atoms with Gasteiger partial charge in [-0.15, -0.1) is 0 Å². The van der Waals surface area contributed by atoms with E-state index in [0.717, 1.165) is 38.5 Å². The van der Waals surface area contributed by atoms with Gasteiger partial charge < -0.3 is 10.6 Å². The predicted octanol–water partition coefficient (Wildman–Crippen LogP) is 0.650. The van der Waals surface area contributed by atoms with Gasteiger partial charge in [0.15, 0.2) is 5.69 Å². The molecule has 1 aliphatic rings. The number of carbonyl (C=O) groups is 1. The van der Waals surface area contributed by atoms with Gasteiger partial charge in [-0.3, -0.25) is 24.0 Å². The number of nitrogen functional groups attached to an aromatic ring is 1. The highest BCUT2D eigenvalue weighted by atomic mass is 16.2. The summed E-state index contributed by atoms with van der Waals surface area (Å²) in [7, 11) is 1.67. The minimum atomic E-state index is -0.645. The van der Waals surface area contributed by atoms with Gasteiger partial charge in [0.2, 0.25) is 5.91 Å². The van der Waals surface area contributed by atoms with E-state index in [2.05, 4.69) is 4.98 Å². The second-order valence-electron chi connectivity index (χ2n) is 7.03. The number of anilines is 2. The van der Waals surface area contributed by atoms with Gasteiger partial charge in [-0.05, 0) is 26.3 Å². The van der Waals surface area contributed by atoms with Crippen LogP contribution in [-0.4, -0.2) is 46.5 Å². The number of hydrogen-bond donors (Lipinski definition) is 2. The zero-order valence-electron chi connectivity index (χ0n) is 16.0. The number of amides is 1. The quantitative estimate of drug-likeness (QED) is 0.641. The molecule has 148 valence electrons. The van der Waals surface area contributed by atoms with Crippen LogP contribution >= 0.6 is 0 Å². The van der Waals surface area contributed by atoms with Gasteiger partial charge in [-0.25, -0.2) is 4.79 Å². The van der Waals surface area contributed by atoms with Crippen LogP contribution in [0, 0.1) is 11.3 Å². The third kappa shape index (κ3) is 4.77. The predicted molar refractivity (Wildman–Crippen MR) is 103 cm³/mol. The van der Waals surface area contributed by atoms with Crippen molar-refractivity contribution in [2.24, 2.45) is 0 Å². The number of aromatic nitrogens is 2. The average molecular weight is 376 g/mol. The summed E-state index contributed by atoms with van der Waals surface area (Å²) < 4.78 is 1.33. The lowest BCUT2D eigenvalue weighted by Gasteiger charge is -2.31. The first-order valence-electron chi connectivity index (χ1n) is 9.40. The molecule has 1 aliphatic carbocycles. The third-order valence-electron chi connectivity index (χ3n) is 4.89. The number of nitrogens with two attached hydrogens (primary N) is 1. The molecule has 0 atom stereocenters. The Balaban J connectivity index is 2.49. The number of likely N-dealkylation sites (N-methyl/N-ethyl adjacent to an activating group) is 1. The van der Waals surface area contributed by atoms with E-state index in [-0.39, 0.29) is 36.5 Å². The van der Waals surface area contributed by atoms with Crippen LogP contribution < -0.4 is 21.9 Å². The van der Waals surface area contributed by atoms with Gasteiger partial charge >= 0.3 is 5.69 Å². The van der Waals surface area contributed by atoms with E-state index in [0.29, 0.717) is 6.54 Å². The molecule has 0 spiro atoms. The molecule has 9 nitrogen and oxygen atoms in total. The van der Waals surface area contributed by atoms with Crippen molar-refractivity contribution in [2.75, 3.05) is 30.8 Å². The monoisotopic (exact) mass is 376 g/mol. The Morgan fingerprint density at radius 1 is 1.37 bits per heavy atom. The molecule has 1 aromatic heterocycles. The van der Waals surface area contributed by atoms with Crippen LogP contribution in [0.3, 0.4) is 0 Å². The van der Waals surface area contributed by atoms with Gasteiger partial charge in [0, 0.05) is 12.6 Å². The number of rotatable bonds is 8. The Morgan fingerprint density at radius 2 is 2.04 bits per heavy atom. The third-order valence-corrected chi connectivity index (χ3v) is 4.89. The molecule has 1 heterocycles. The number of aromatic amines is 1. The maximum atomic E-state index is 13.0. The summed E-state index contributed by atoms with van der Waals surface area (Å²) in [6.45, 7) is 2.47. The lowest BCUT2D eigenvalue weighted by atomic mass is 10.2. The number of nitrogens with zero attached hydrogens (tertiary/aromatic N) is 4. The van der Waals surface area contributed by atoms with Gasteiger partial charge in [0.25, 0.3) is 5.56 Å². The maximum Gasteiger partial charge on any atom is 0.330 e. The van der Waals surface area contributed by atoms with Crippen molar-refractivity contribution in [1.29, 1.82) is 5.26 Å². The molecule has 2 rings (SSSR count). The lowest BCUT2D eigenvalue weighted by molar-refractivity contribution is -0.119. The zero-order chi connectivity index (χ0) is 20.0. The fourth-order valence-corrected chi connectivity index (χ4v) is 3.51. The molecule has 1 amide bonds. The SMILES string of the molecule is CCCCn1c(N)c(N(C(=O)CN(C)CC#N)C2CCCC2)c(=O)[nH]c1=O. The molecule has 1 aromatic rings. The van der Waals surface area contributed by atoms with Gasteiger partial charge in [0.1, 0.15) is 5.82 Å². The number of unbranched alkanes of at least 4 members (excludes halogenated alkanes) is 1. The van der Waals surface area contributed by atoms with Crippen molar-refractivity contribution in [2.45, 2.75) is 58.0 Å². The van der Waals surface area contributed by atoms with Crippen LogP contribution in [0.15, 0.2) is 9.59 Å². The summed E-state index contributed by atoms with van der Waals surface area (Å²) in [6.07, 6.45) is 5.09. The minimum Gasteiger partial charge on any atom is -0.383 e. The largest absolute Gasteiger partial charge is 0.383 e. The summed E-state index contributed by atoms with van der Waals surface area (Å²) >= 11 is 0. The number of hydrogen-bond acceptors (Lipinski definition) is 6. The van der Waals surface area contributed by atoms with Crippen LogP contribution in [0.5, 0.6) is 0 Å². The highest BCUT2D eigenvalue weighted by Crippen LogP contribution is 2.29. The van der Waals surface area contributed by atoms with Crippen molar-refractivity contribution in [1.82, 2.24) is 14.5 Å². The standard InChI is InChI=1S/C18H28N6O3/c1-3-4-10-23-16(20)15(17(26)21-18(23)27)24(13-7-5-6-8-13)14(25)12-22(2)11-9-19/h13H,3-8,10-12,20H2,1-2H3,(H,21,26,27). The smallest absolute Gasteiger partial charge is 0.330 e. The normalized spacial score (nSPS) is 14.4. The van der Waals surface area contributed by atoms with Gasteiger partial charge in [-0.2, -0.15) is 5.26 Å². The van der Waals surface area contributed by atoms with Crippen LogP contribution in [0.4, 0.5) is 11.5 Å². The Morgan fingerprint density at radius 3 is 2.63 bits per heavy atom. The van der Waals surface area contributed by atoms with Crippen molar-refractivity contribution < 1.29 is 4.79 Å². The van der Waals surface area contributed by atoms with Crippen LogP contribution in [0.1, 0.15) is 45.4 Å². The molecular formula is C18H28N6O3. The summed E-state index contributed by atoms with van der Waals surface area (Å²) in [4.78, 5) is 43.1. The molecule has 1 fully saturated rings. The van der Waals surface area contributed by atoms with Gasteiger partial charge in [-0.1, -0.05) is 26.2 Å². The summed E-state index contributed by atoms with van der Waals surface area (Å²) in [5.74, 6) is -0.266. The Kier molecular flexibility index (Phi) is 7.19. The number of nitrogens with one attached hydrogen (secondary N) is 1. The van der Waals surface area contributed by atoms with E-state index in [4.69, 9.17) is 11.0 Å². The van der Waals surface area contributed by atoms with E-state index < -0.39 is 11.2 Å². The molecule has 27 heavy (non-hydrogen) atoms. The maximum absolute atomic E-state index is 13.0. The van der Waals surface area contributed by atoms with E-state index in [9.17, 15) is 14.4 Å². The van der Waals surface area contributed by atoms with Crippen molar-refractivity contribution in [3.63, 3.8) is 0 Å². The van der Waals surface area contributed by atoms with Crippen molar-refractivity contribution in [3.8, 4) is 6.07 Å². The molecule has 1 saturated carbocycles. The molecular weight excluding hydrogens is 348 g/mol. The number of nitriles is 1. The minimum absolute atomic E-state index is 0.00295. The molecule has 0 unspecified atom stereocenters. The first-order valence-corrected chi connectivity index (χ1v) is 9.40. The lowest BCUT2D eigenvalue weighted by Crippen LogP contribution is -2.48. The second-order valence-corrected chi connectivity index (χ2v) is 7.03. The van der Waals surface area contributed by atoms with Crippen LogP contribution in [0.25, 0.3) is 0 Å². The summed E-state index contributed by atoms with van der Waals surface area (Å²) in [5.41, 5.74) is 5.05. The average Bonchev–Trinajstić information content (AvgIpc) is 3.12. The van der Waals surface area contributed by atoms with Crippen molar-refractivity contribution >= 4 is 17.4 Å². The highest BCUT2D eigenvalue weighted by molar-refractivity contribution is 5.97. The Hall–Kier alpha value is -2.60. The molecule has 3 N–H and O–H groups in total. The first kappa shape index (κ1) is 20.7. The van der Waals surface area contributed by atoms with Crippen LogP contribution in [0.2, 0.25) is 0 Å². The van der Waals surface area contributed by atoms with E-state index in [1.165, 1.54) is 9.47 Å². The number of carbonyl (C=O) groups excluding carboxylic acids is 1.